The number of H-pyrrole nitrogens is 1. The summed E-state index contributed by atoms with van der Waals surface area (Å²) in [5, 5.41) is 30.0. The number of rotatable bonds is 5. The summed E-state index contributed by atoms with van der Waals surface area (Å²) in [6.45, 7) is 4.19. The Morgan fingerprint density at radius 3 is 2.70 bits per heavy atom. The Bertz CT molecular complexity index is 914. The molecule has 1 spiro atoms. The summed E-state index contributed by atoms with van der Waals surface area (Å²) < 4.78 is 5.61. The molecule has 3 heterocycles. The van der Waals surface area contributed by atoms with Crippen molar-refractivity contribution in [3.8, 4) is 0 Å². The second kappa shape index (κ2) is 7.35. The lowest BCUT2D eigenvalue weighted by Gasteiger charge is -2.39. The summed E-state index contributed by atoms with van der Waals surface area (Å²) in [4.78, 5) is 7.10. The summed E-state index contributed by atoms with van der Waals surface area (Å²) in [5.74, 6) is 2.09. The van der Waals surface area contributed by atoms with E-state index in [9.17, 15) is 5.11 Å². The number of hydrogen-bond acceptors (Lipinski definition) is 7. The first-order valence-electron chi connectivity index (χ1n) is 10.9. The fourth-order valence-electron chi connectivity index (χ4n) is 4.98. The van der Waals surface area contributed by atoms with E-state index in [0.717, 1.165) is 43.6 Å². The Labute approximate surface area is 176 Å². The van der Waals surface area contributed by atoms with E-state index in [-0.39, 0.29) is 6.04 Å². The topological polar surface area (TPSA) is 110 Å². The SMILES string of the molecule is CC1COCCN1c1cc(C2(O)CCC3(CC3)CC2)c(C=N)c(Nc2ccn[nH]2)n1. The first kappa shape index (κ1) is 19.5. The monoisotopic (exact) mass is 410 g/mol. The van der Waals surface area contributed by atoms with Crippen LogP contribution in [0.15, 0.2) is 18.3 Å². The van der Waals surface area contributed by atoms with Crippen LogP contribution >= 0.6 is 0 Å². The molecular formula is C22H30N6O2. The van der Waals surface area contributed by atoms with Crippen molar-refractivity contribution >= 4 is 23.7 Å². The molecule has 2 aromatic heterocycles. The average molecular weight is 411 g/mol. The van der Waals surface area contributed by atoms with Crippen LogP contribution < -0.4 is 10.2 Å². The zero-order chi connectivity index (χ0) is 20.8. The molecule has 1 atom stereocenters. The number of aromatic nitrogens is 3. The number of aliphatic hydroxyl groups is 1. The highest BCUT2D eigenvalue weighted by atomic mass is 16.5. The van der Waals surface area contributed by atoms with Crippen LogP contribution in [-0.2, 0) is 10.3 Å². The van der Waals surface area contributed by atoms with Crippen molar-refractivity contribution in [2.45, 2.75) is 57.1 Å². The van der Waals surface area contributed by atoms with Crippen LogP contribution in [0.5, 0.6) is 0 Å². The van der Waals surface area contributed by atoms with Crippen molar-refractivity contribution in [1.82, 2.24) is 15.2 Å². The molecule has 3 fully saturated rings. The molecule has 1 saturated heterocycles. The molecule has 160 valence electrons. The van der Waals surface area contributed by atoms with E-state index >= 15 is 0 Å². The molecule has 5 rings (SSSR count). The van der Waals surface area contributed by atoms with Gasteiger partial charge in [-0.1, -0.05) is 0 Å². The third-order valence-corrected chi connectivity index (χ3v) is 7.20. The zero-order valence-electron chi connectivity index (χ0n) is 17.4. The fourth-order valence-corrected chi connectivity index (χ4v) is 4.98. The predicted octanol–water partition coefficient (Wildman–Crippen LogP) is 3.31. The van der Waals surface area contributed by atoms with Crippen molar-refractivity contribution in [2.75, 3.05) is 30.0 Å². The highest BCUT2D eigenvalue weighted by Gasteiger charge is 2.50. The molecule has 1 unspecified atom stereocenters. The van der Waals surface area contributed by atoms with E-state index in [0.29, 0.717) is 35.8 Å². The highest BCUT2D eigenvalue weighted by molar-refractivity contribution is 5.89. The second-order valence-electron chi connectivity index (χ2n) is 9.18. The van der Waals surface area contributed by atoms with Gasteiger partial charge in [-0.2, -0.15) is 5.10 Å². The van der Waals surface area contributed by atoms with Crippen LogP contribution in [0, 0.1) is 10.8 Å². The number of anilines is 3. The van der Waals surface area contributed by atoms with Gasteiger partial charge in [0.05, 0.1) is 31.1 Å². The quantitative estimate of drug-likeness (QED) is 0.563. The van der Waals surface area contributed by atoms with Crippen LogP contribution in [-0.4, -0.2) is 52.3 Å². The third kappa shape index (κ3) is 3.48. The Morgan fingerprint density at radius 1 is 1.30 bits per heavy atom. The van der Waals surface area contributed by atoms with Gasteiger partial charge >= 0.3 is 0 Å². The van der Waals surface area contributed by atoms with Crippen molar-refractivity contribution in [3.63, 3.8) is 0 Å². The van der Waals surface area contributed by atoms with E-state index in [1.807, 2.05) is 12.1 Å². The van der Waals surface area contributed by atoms with Gasteiger partial charge in [-0.15, -0.1) is 0 Å². The maximum atomic E-state index is 11.7. The van der Waals surface area contributed by atoms with Crippen molar-refractivity contribution < 1.29 is 9.84 Å². The number of pyridine rings is 1. The lowest BCUT2D eigenvalue weighted by atomic mass is 9.72. The molecule has 0 amide bonds. The highest BCUT2D eigenvalue weighted by Crippen LogP contribution is 2.60. The minimum absolute atomic E-state index is 0.195. The number of morpholine rings is 1. The molecule has 0 radical (unpaired) electrons. The number of ether oxygens (including phenoxy) is 1. The van der Waals surface area contributed by atoms with Crippen LogP contribution in [0.3, 0.4) is 0 Å². The van der Waals surface area contributed by atoms with Gasteiger partial charge in [0.1, 0.15) is 17.5 Å². The summed E-state index contributed by atoms with van der Waals surface area (Å²) in [6, 6.07) is 4.02. The predicted molar refractivity (Wildman–Crippen MR) is 116 cm³/mol. The lowest BCUT2D eigenvalue weighted by molar-refractivity contribution is -0.0186. The molecule has 30 heavy (non-hydrogen) atoms. The van der Waals surface area contributed by atoms with Gasteiger partial charge < -0.3 is 25.5 Å². The van der Waals surface area contributed by atoms with Crippen molar-refractivity contribution in [1.29, 1.82) is 5.41 Å². The van der Waals surface area contributed by atoms with Gasteiger partial charge in [0.15, 0.2) is 0 Å². The molecule has 4 N–H and O–H groups in total. The Hall–Kier alpha value is -2.45. The number of aromatic amines is 1. The maximum absolute atomic E-state index is 11.7. The average Bonchev–Trinajstić information content (AvgIpc) is 3.33. The van der Waals surface area contributed by atoms with Crippen LogP contribution in [0.1, 0.15) is 56.6 Å². The lowest BCUT2D eigenvalue weighted by Crippen LogP contribution is -2.44. The normalized spacial score (nSPS) is 24.6. The van der Waals surface area contributed by atoms with Crippen molar-refractivity contribution in [3.05, 3.63) is 29.5 Å². The van der Waals surface area contributed by atoms with Gasteiger partial charge in [-0.3, -0.25) is 5.10 Å². The van der Waals surface area contributed by atoms with Crippen LogP contribution in [0.4, 0.5) is 17.5 Å². The van der Waals surface area contributed by atoms with Gasteiger partial charge in [0.25, 0.3) is 0 Å². The van der Waals surface area contributed by atoms with Crippen molar-refractivity contribution in [2.24, 2.45) is 5.41 Å². The van der Waals surface area contributed by atoms with E-state index in [1.165, 1.54) is 19.1 Å². The molecule has 2 aliphatic carbocycles. The molecule has 2 aromatic rings. The standard InChI is InChI=1S/C22H30N6O2/c1-15-14-30-11-10-28(15)19-12-17(22(29)7-5-21(3-4-21)6-8-22)16(13-23)20(26-19)25-18-2-9-24-27-18/h2,9,12-13,15,23,29H,3-8,10-11,14H2,1H3,(H2,24,25,26,27). The fraction of sp³-hybridized carbons (Fsp3) is 0.591. The summed E-state index contributed by atoms with van der Waals surface area (Å²) in [6.07, 6.45) is 9.14. The van der Waals surface area contributed by atoms with Gasteiger partial charge in [-0.05, 0) is 62.5 Å². The van der Waals surface area contributed by atoms with Crippen LogP contribution in [0.2, 0.25) is 0 Å². The van der Waals surface area contributed by atoms with E-state index in [2.05, 4.69) is 27.3 Å². The largest absolute Gasteiger partial charge is 0.385 e. The van der Waals surface area contributed by atoms with E-state index in [1.54, 1.807) is 6.20 Å². The molecule has 3 aliphatic rings. The summed E-state index contributed by atoms with van der Waals surface area (Å²) in [5.41, 5.74) is 0.989. The minimum atomic E-state index is -0.932. The molecule has 8 nitrogen and oxygen atoms in total. The molecule has 0 bridgehead atoms. The number of hydrogen-bond donors (Lipinski definition) is 4. The van der Waals surface area contributed by atoms with Gasteiger partial charge in [0.2, 0.25) is 0 Å². The van der Waals surface area contributed by atoms with Gasteiger partial charge in [-0.25, -0.2) is 4.98 Å². The number of nitrogens with one attached hydrogen (secondary N) is 3. The first-order chi connectivity index (χ1) is 14.5. The molecule has 8 heteroatoms. The van der Waals surface area contributed by atoms with E-state index < -0.39 is 5.60 Å². The smallest absolute Gasteiger partial charge is 0.143 e. The Balaban J connectivity index is 1.58. The Morgan fingerprint density at radius 2 is 2.07 bits per heavy atom. The summed E-state index contributed by atoms with van der Waals surface area (Å²) >= 11 is 0. The third-order valence-electron chi connectivity index (χ3n) is 7.20. The molecule has 1 aliphatic heterocycles. The van der Waals surface area contributed by atoms with Crippen LogP contribution in [0.25, 0.3) is 0 Å². The zero-order valence-corrected chi connectivity index (χ0v) is 17.4. The maximum Gasteiger partial charge on any atom is 0.143 e. The van der Waals surface area contributed by atoms with Gasteiger partial charge in [0, 0.05) is 24.4 Å². The molecule has 2 saturated carbocycles. The molecule has 0 aromatic carbocycles. The van der Waals surface area contributed by atoms with E-state index in [4.69, 9.17) is 15.1 Å². The first-order valence-corrected chi connectivity index (χ1v) is 10.9. The number of nitrogens with zero attached hydrogens (tertiary/aromatic N) is 3. The molecular weight excluding hydrogens is 380 g/mol. The Kier molecular flexibility index (Phi) is 4.78. The summed E-state index contributed by atoms with van der Waals surface area (Å²) in [7, 11) is 0. The minimum Gasteiger partial charge on any atom is -0.385 e. The second-order valence-corrected chi connectivity index (χ2v) is 9.18.